The van der Waals surface area contributed by atoms with Crippen LogP contribution >= 0.6 is 11.8 Å². The SMILES string of the molecule is CCN1C(=O)CC(C(=O)OC)C12CCN(C1CCSCC1)CC2. The minimum Gasteiger partial charge on any atom is -0.469 e. The Balaban J connectivity index is 1.74. The highest BCUT2D eigenvalue weighted by atomic mass is 32.2. The lowest BCUT2D eigenvalue weighted by molar-refractivity contribution is -0.150. The quantitative estimate of drug-likeness (QED) is 0.733. The van der Waals surface area contributed by atoms with Crippen LogP contribution in [0, 0.1) is 5.92 Å². The summed E-state index contributed by atoms with van der Waals surface area (Å²) in [6.45, 7) is 4.69. The lowest BCUT2D eigenvalue weighted by atomic mass is 9.76. The first-order chi connectivity index (χ1) is 11.1. The lowest BCUT2D eigenvalue weighted by Gasteiger charge is -2.49. The molecule has 3 aliphatic rings. The van der Waals surface area contributed by atoms with Crippen molar-refractivity contribution in [2.45, 2.75) is 50.6 Å². The van der Waals surface area contributed by atoms with Crippen molar-refractivity contribution in [3.8, 4) is 0 Å². The third-order valence-corrected chi connectivity index (χ3v) is 7.09. The van der Waals surface area contributed by atoms with E-state index < -0.39 is 0 Å². The Hall–Kier alpha value is -0.750. The van der Waals surface area contributed by atoms with Gasteiger partial charge in [0, 0.05) is 32.1 Å². The Morgan fingerprint density at radius 1 is 1.30 bits per heavy atom. The number of rotatable bonds is 3. The van der Waals surface area contributed by atoms with E-state index in [1.54, 1.807) is 0 Å². The summed E-state index contributed by atoms with van der Waals surface area (Å²) >= 11 is 2.05. The monoisotopic (exact) mass is 340 g/mol. The fourth-order valence-corrected chi connectivity index (χ4v) is 5.87. The largest absolute Gasteiger partial charge is 0.469 e. The van der Waals surface area contributed by atoms with Crippen molar-refractivity contribution in [2.24, 2.45) is 5.92 Å². The van der Waals surface area contributed by atoms with E-state index in [-0.39, 0.29) is 23.3 Å². The van der Waals surface area contributed by atoms with E-state index in [0.29, 0.717) is 19.0 Å². The second kappa shape index (κ2) is 7.01. The van der Waals surface area contributed by atoms with Gasteiger partial charge in [0.05, 0.1) is 18.6 Å². The van der Waals surface area contributed by atoms with E-state index in [4.69, 9.17) is 4.74 Å². The summed E-state index contributed by atoms with van der Waals surface area (Å²) in [6, 6.07) is 0.692. The second-order valence-electron chi connectivity index (χ2n) is 6.90. The van der Waals surface area contributed by atoms with Gasteiger partial charge in [-0.15, -0.1) is 0 Å². The summed E-state index contributed by atoms with van der Waals surface area (Å²) in [5.41, 5.74) is -0.307. The number of hydrogen-bond donors (Lipinski definition) is 0. The molecule has 1 amide bonds. The van der Waals surface area contributed by atoms with E-state index in [9.17, 15) is 9.59 Å². The van der Waals surface area contributed by atoms with E-state index in [2.05, 4.69) is 16.7 Å². The van der Waals surface area contributed by atoms with Crippen LogP contribution in [0.15, 0.2) is 0 Å². The predicted octanol–water partition coefficient (Wildman–Crippen LogP) is 1.76. The van der Waals surface area contributed by atoms with Gasteiger partial charge in [0.15, 0.2) is 0 Å². The minimum absolute atomic E-state index is 0.116. The summed E-state index contributed by atoms with van der Waals surface area (Å²) in [6.07, 6.45) is 4.66. The molecule has 0 radical (unpaired) electrons. The maximum Gasteiger partial charge on any atom is 0.311 e. The molecule has 6 heteroatoms. The smallest absolute Gasteiger partial charge is 0.311 e. The molecule has 3 fully saturated rings. The zero-order valence-electron chi connectivity index (χ0n) is 14.3. The summed E-state index contributed by atoms with van der Waals surface area (Å²) in [4.78, 5) is 29.2. The molecule has 0 saturated carbocycles. The first-order valence-electron chi connectivity index (χ1n) is 8.82. The molecule has 1 unspecified atom stereocenters. The number of methoxy groups -OCH3 is 1. The van der Waals surface area contributed by atoms with Gasteiger partial charge < -0.3 is 14.5 Å². The van der Waals surface area contributed by atoms with Gasteiger partial charge >= 0.3 is 5.97 Å². The van der Waals surface area contributed by atoms with Gasteiger partial charge in [0.1, 0.15) is 0 Å². The third-order valence-electron chi connectivity index (χ3n) is 6.04. The number of nitrogens with zero attached hydrogens (tertiary/aromatic N) is 2. The van der Waals surface area contributed by atoms with Gasteiger partial charge in [-0.3, -0.25) is 9.59 Å². The molecule has 1 spiro atoms. The van der Waals surface area contributed by atoms with Crippen molar-refractivity contribution in [3.05, 3.63) is 0 Å². The van der Waals surface area contributed by atoms with Gasteiger partial charge in [-0.05, 0) is 44.1 Å². The average molecular weight is 340 g/mol. The fourth-order valence-electron chi connectivity index (χ4n) is 4.79. The maximum absolute atomic E-state index is 12.4. The van der Waals surface area contributed by atoms with Crippen molar-refractivity contribution < 1.29 is 14.3 Å². The van der Waals surface area contributed by atoms with Crippen molar-refractivity contribution in [2.75, 3.05) is 38.2 Å². The first-order valence-corrected chi connectivity index (χ1v) is 9.98. The fraction of sp³-hybridized carbons (Fsp3) is 0.882. The highest BCUT2D eigenvalue weighted by molar-refractivity contribution is 7.99. The zero-order valence-corrected chi connectivity index (χ0v) is 15.1. The van der Waals surface area contributed by atoms with E-state index in [1.807, 2.05) is 11.8 Å². The molecule has 0 aromatic heterocycles. The van der Waals surface area contributed by atoms with Crippen LogP contribution in [0.1, 0.15) is 39.0 Å². The number of carbonyl (C=O) groups is 2. The molecule has 0 aromatic rings. The molecule has 3 rings (SSSR count). The number of thioether (sulfide) groups is 1. The highest BCUT2D eigenvalue weighted by Crippen LogP contribution is 2.44. The summed E-state index contributed by atoms with van der Waals surface area (Å²) < 4.78 is 5.01. The Kier molecular flexibility index (Phi) is 5.21. The normalized spacial score (nSPS) is 29.2. The molecule has 0 N–H and O–H groups in total. The van der Waals surface area contributed by atoms with Crippen molar-refractivity contribution in [1.82, 2.24) is 9.80 Å². The molecule has 0 aliphatic carbocycles. The Labute approximate surface area is 143 Å². The Morgan fingerprint density at radius 2 is 1.96 bits per heavy atom. The number of piperidine rings is 1. The van der Waals surface area contributed by atoms with Crippen LogP contribution in [0.3, 0.4) is 0 Å². The molecular formula is C17H28N2O3S. The molecule has 3 saturated heterocycles. The van der Waals surface area contributed by atoms with Gasteiger partial charge in [-0.25, -0.2) is 0 Å². The first kappa shape index (κ1) is 17.1. The molecule has 0 aromatic carbocycles. The van der Waals surface area contributed by atoms with Gasteiger partial charge in [-0.1, -0.05) is 0 Å². The zero-order chi connectivity index (χ0) is 16.4. The van der Waals surface area contributed by atoms with Crippen LogP contribution < -0.4 is 0 Å². The minimum atomic E-state index is -0.307. The molecule has 5 nitrogen and oxygen atoms in total. The summed E-state index contributed by atoms with van der Waals surface area (Å²) in [5.74, 6) is 2.14. The Bertz CT molecular complexity index is 455. The number of likely N-dealkylation sites (tertiary alicyclic amines) is 2. The van der Waals surface area contributed by atoms with Crippen LogP contribution in [-0.4, -0.2) is 71.5 Å². The van der Waals surface area contributed by atoms with Crippen LogP contribution in [0.5, 0.6) is 0 Å². The van der Waals surface area contributed by atoms with E-state index in [0.717, 1.165) is 25.9 Å². The topological polar surface area (TPSA) is 49.9 Å². The average Bonchev–Trinajstić information content (AvgIpc) is 2.87. The predicted molar refractivity (Wildman–Crippen MR) is 91.4 cm³/mol. The van der Waals surface area contributed by atoms with Crippen molar-refractivity contribution >= 4 is 23.6 Å². The van der Waals surface area contributed by atoms with E-state index in [1.165, 1.54) is 31.5 Å². The lowest BCUT2D eigenvalue weighted by Crippen LogP contribution is -2.58. The number of amides is 1. The number of ether oxygens (including phenoxy) is 1. The molecule has 0 bridgehead atoms. The molecule has 3 aliphatic heterocycles. The van der Waals surface area contributed by atoms with Crippen LogP contribution in [0.25, 0.3) is 0 Å². The molecule has 130 valence electrons. The number of hydrogen-bond acceptors (Lipinski definition) is 5. The number of esters is 1. The molecule has 23 heavy (non-hydrogen) atoms. The van der Waals surface area contributed by atoms with Gasteiger partial charge in [0.2, 0.25) is 5.91 Å². The molecular weight excluding hydrogens is 312 g/mol. The molecule has 3 heterocycles. The van der Waals surface area contributed by atoms with Crippen LogP contribution in [-0.2, 0) is 14.3 Å². The van der Waals surface area contributed by atoms with E-state index >= 15 is 0 Å². The van der Waals surface area contributed by atoms with Gasteiger partial charge in [-0.2, -0.15) is 11.8 Å². The van der Waals surface area contributed by atoms with Gasteiger partial charge in [0.25, 0.3) is 0 Å². The maximum atomic E-state index is 12.4. The standard InChI is InChI=1S/C17H28N2O3S/c1-3-19-15(20)12-14(16(21)22-2)17(19)6-8-18(9-7-17)13-4-10-23-11-5-13/h13-14H,3-12H2,1-2H3. The second-order valence-corrected chi connectivity index (χ2v) is 8.13. The van der Waals surface area contributed by atoms with Crippen molar-refractivity contribution in [3.63, 3.8) is 0 Å². The number of carbonyl (C=O) groups excluding carboxylic acids is 2. The Morgan fingerprint density at radius 3 is 2.52 bits per heavy atom. The van der Waals surface area contributed by atoms with Crippen molar-refractivity contribution in [1.29, 1.82) is 0 Å². The molecule has 1 atom stereocenters. The third kappa shape index (κ3) is 3.00. The van der Waals surface area contributed by atoms with Crippen LogP contribution in [0.2, 0.25) is 0 Å². The highest BCUT2D eigenvalue weighted by Gasteiger charge is 2.56. The van der Waals surface area contributed by atoms with Crippen LogP contribution in [0.4, 0.5) is 0 Å². The summed E-state index contributed by atoms with van der Waals surface area (Å²) in [5, 5.41) is 0. The summed E-state index contributed by atoms with van der Waals surface area (Å²) in [7, 11) is 1.43.